The van der Waals surface area contributed by atoms with Gasteiger partial charge in [-0.25, -0.2) is 4.98 Å². The lowest BCUT2D eigenvalue weighted by molar-refractivity contribution is -0.134. The maximum Gasteiger partial charge on any atom is 0.257 e. The zero-order valence-corrected chi connectivity index (χ0v) is 20.9. The summed E-state index contributed by atoms with van der Waals surface area (Å²) in [6, 6.07) is 17.6. The molecule has 0 spiro atoms. The molecule has 0 bridgehead atoms. The molecule has 0 saturated carbocycles. The molecule has 1 atom stereocenters. The highest BCUT2D eigenvalue weighted by atomic mass is 32.1. The van der Waals surface area contributed by atoms with Crippen LogP contribution in [-0.4, -0.2) is 41.9 Å². The van der Waals surface area contributed by atoms with Crippen molar-refractivity contribution >= 4 is 28.3 Å². The van der Waals surface area contributed by atoms with E-state index in [0.29, 0.717) is 22.4 Å². The fourth-order valence-electron chi connectivity index (χ4n) is 5.15. The number of aromatic nitrogens is 1. The number of carbonyl (C=O) groups is 2. The Morgan fingerprint density at radius 3 is 2.51 bits per heavy atom. The summed E-state index contributed by atoms with van der Waals surface area (Å²) in [4.78, 5) is 34.1. The number of nitrogens with zero attached hydrogens (tertiary/aromatic N) is 2. The van der Waals surface area contributed by atoms with Gasteiger partial charge < -0.3 is 9.64 Å². The zero-order valence-electron chi connectivity index (χ0n) is 20.0. The second-order valence-corrected chi connectivity index (χ2v) is 10.5. The number of likely N-dealkylation sites (tertiary alicyclic amines) is 1. The fourth-order valence-corrected chi connectivity index (χ4v) is 6.21. The van der Waals surface area contributed by atoms with E-state index >= 15 is 0 Å². The number of aryl methyl sites for hydroxylation is 1. The highest BCUT2D eigenvalue weighted by Crippen LogP contribution is 2.38. The van der Waals surface area contributed by atoms with Crippen LogP contribution in [0.2, 0.25) is 0 Å². The number of anilines is 1. The molecular formula is C28H31N3O3S. The molecule has 1 saturated heterocycles. The minimum atomic E-state index is -0.206. The molecule has 7 heteroatoms. The summed E-state index contributed by atoms with van der Waals surface area (Å²) >= 11 is 1.50. The molecule has 0 radical (unpaired) electrons. The van der Waals surface area contributed by atoms with E-state index in [1.54, 1.807) is 31.4 Å². The van der Waals surface area contributed by atoms with E-state index in [0.717, 1.165) is 62.2 Å². The second kappa shape index (κ2) is 10.6. The Morgan fingerprint density at radius 2 is 1.80 bits per heavy atom. The largest absolute Gasteiger partial charge is 0.497 e. The van der Waals surface area contributed by atoms with Gasteiger partial charge in [0.2, 0.25) is 5.91 Å². The number of ether oxygens (including phenoxy) is 1. The summed E-state index contributed by atoms with van der Waals surface area (Å²) in [6.07, 6.45) is 5.88. The third-order valence-corrected chi connectivity index (χ3v) is 8.16. The van der Waals surface area contributed by atoms with Crippen LogP contribution in [0.15, 0.2) is 54.6 Å². The third-order valence-electron chi connectivity index (χ3n) is 7.12. The molecule has 2 aliphatic rings. The number of piperidine rings is 1. The van der Waals surface area contributed by atoms with E-state index in [4.69, 9.17) is 9.72 Å². The van der Waals surface area contributed by atoms with Crippen molar-refractivity contribution in [1.29, 1.82) is 0 Å². The maximum atomic E-state index is 13.5. The van der Waals surface area contributed by atoms with Crippen LogP contribution in [0.25, 0.3) is 0 Å². The summed E-state index contributed by atoms with van der Waals surface area (Å²) in [7, 11) is 1.60. The number of hydrogen-bond donors (Lipinski definition) is 1. The van der Waals surface area contributed by atoms with Gasteiger partial charge in [0.25, 0.3) is 5.91 Å². The lowest BCUT2D eigenvalue weighted by Crippen LogP contribution is -2.42. The van der Waals surface area contributed by atoms with Gasteiger partial charge in [-0.2, -0.15) is 0 Å². The maximum absolute atomic E-state index is 13.5. The Labute approximate surface area is 210 Å². The van der Waals surface area contributed by atoms with Crippen molar-refractivity contribution in [3.05, 3.63) is 76.3 Å². The number of benzene rings is 2. The predicted molar refractivity (Wildman–Crippen MR) is 138 cm³/mol. The first-order valence-electron chi connectivity index (χ1n) is 12.4. The number of fused-ring (bicyclic) bond motifs is 1. The van der Waals surface area contributed by atoms with E-state index in [1.807, 2.05) is 4.90 Å². The number of hydrogen-bond acceptors (Lipinski definition) is 5. The molecule has 35 heavy (non-hydrogen) atoms. The first-order chi connectivity index (χ1) is 17.1. The molecule has 5 rings (SSSR count). The number of methoxy groups -OCH3 is 1. The summed E-state index contributed by atoms with van der Waals surface area (Å²) in [5.74, 6) is 1.12. The Kier molecular flexibility index (Phi) is 7.13. The van der Waals surface area contributed by atoms with Crippen LogP contribution in [0, 0.1) is 5.92 Å². The van der Waals surface area contributed by atoms with Crippen LogP contribution in [0.3, 0.4) is 0 Å². The quantitative estimate of drug-likeness (QED) is 0.510. The van der Waals surface area contributed by atoms with E-state index in [-0.39, 0.29) is 17.7 Å². The van der Waals surface area contributed by atoms with E-state index in [1.165, 1.54) is 16.9 Å². The smallest absolute Gasteiger partial charge is 0.257 e. The average molecular weight is 490 g/mol. The first-order valence-corrected chi connectivity index (χ1v) is 13.2. The van der Waals surface area contributed by atoms with Gasteiger partial charge in [-0.3, -0.25) is 14.9 Å². The third kappa shape index (κ3) is 5.40. The van der Waals surface area contributed by atoms with Crippen LogP contribution in [0.1, 0.15) is 58.1 Å². The van der Waals surface area contributed by atoms with E-state index in [9.17, 15) is 9.59 Å². The van der Waals surface area contributed by atoms with Gasteiger partial charge in [0, 0.05) is 23.5 Å². The zero-order chi connectivity index (χ0) is 24.2. The molecule has 3 aromatic rings. The summed E-state index contributed by atoms with van der Waals surface area (Å²) in [6.45, 7) is 1.63. The Bertz CT molecular complexity index is 1170. The number of carbonyl (C=O) groups excluding carboxylic acids is 2. The van der Waals surface area contributed by atoms with Gasteiger partial charge in [-0.05, 0) is 74.3 Å². The standard InChI is InChI=1S/C28H31N3O3S/c1-34-22-12-10-21(11-13-22)26(32)30-28-29-25-23(8-5-9-24(25)35-28)27(33)31-16-14-20(15-17-31)18-19-6-3-2-4-7-19/h2-4,6-7,10-13,20,23H,5,8-9,14-18H2,1H3,(H,29,30,32). The van der Waals surface area contributed by atoms with E-state index < -0.39 is 0 Å². The Morgan fingerprint density at radius 1 is 1.06 bits per heavy atom. The Balaban J connectivity index is 1.21. The number of amides is 2. The lowest BCUT2D eigenvalue weighted by Gasteiger charge is -2.35. The Hall–Kier alpha value is -3.19. The van der Waals surface area contributed by atoms with Gasteiger partial charge in [0.05, 0.1) is 18.7 Å². The topological polar surface area (TPSA) is 71.5 Å². The van der Waals surface area contributed by atoms with Crippen molar-refractivity contribution in [3.63, 3.8) is 0 Å². The molecule has 6 nitrogen and oxygen atoms in total. The van der Waals surface area contributed by atoms with Crippen LogP contribution < -0.4 is 10.1 Å². The molecule has 2 aromatic carbocycles. The lowest BCUT2D eigenvalue weighted by atomic mass is 9.87. The predicted octanol–water partition coefficient (Wildman–Crippen LogP) is 5.31. The fraction of sp³-hybridized carbons (Fsp3) is 0.393. The molecule has 182 valence electrons. The van der Waals surface area contributed by atoms with Gasteiger partial charge in [-0.1, -0.05) is 30.3 Å². The molecule has 2 heterocycles. The molecule has 1 unspecified atom stereocenters. The highest BCUT2D eigenvalue weighted by Gasteiger charge is 2.34. The monoisotopic (exact) mass is 489 g/mol. The van der Waals surface area contributed by atoms with E-state index in [2.05, 4.69) is 35.6 Å². The van der Waals surface area contributed by atoms with Crippen molar-refractivity contribution in [3.8, 4) is 5.75 Å². The summed E-state index contributed by atoms with van der Waals surface area (Å²) < 4.78 is 5.16. The second-order valence-electron chi connectivity index (χ2n) is 9.41. The number of thiazole rings is 1. The number of rotatable bonds is 6. The SMILES string of the molecule is COc1ccc(C(=O)Nc2nc3c(s2)CCCC3C(=O)N2CCC(Cc3ccccc3)CC2)cc1. The molecule has 1 aromatic heterocycles. The molecule has 1 aliphatic carbocycles. The highest BCUT2D eigenvalue weighted by molar-refractivity contribution is 7.16. The van der Waals surface area contributed by atoms with Crippen molar-refractivity contribution in [1.82, 2.24) is 9.88 Å². The van der Waals surface area contributed by atoms with Crippen molar-refractivity contribution in [2.24, 2.45) is 5.92 Å². The normalized spacial score (nSPS) is 18.1. The molecular weight excluding hydrogens is 458 g/mol. The van der Waals surface area contributed by atoms with Gasteiger partial charge >= 0.3 is 0 Å². The van der Waals surface area contributed by atoms with Crippen LogP contribution in [-0.2, 0) is 17.6 Å². The van der Waals surface area contributed by atoms with Crippen molar-refractivity contribution in [2.45, 2.75) is 44.4 Å². The summed E-state index contributed by atoms with van der Waals surface area (Å²) in [5.41, 5.74) is 2.79. The average Bonchev–Trinajstić information content (AvgIpc) is 3.32. The van der Waals surface area contributed by atoms with Crippen molar-refractivity contribution < 1.29 is 14.3 Å². The van der Waals surface area contributed by atoms with Crippen LogP contribution in [0.5, 0.6) is 5.75 Å². The van der Waals surface area contributed by atoms with Gasteiger partial charge in [0.15, 0.2) is 5.13 Å². The minimum Gasteiger partial charge on any atom is -0.497 e. The summed E-state index contributed by atoms with van der Waals surface area (Å²) in [5, 5.41) is 3.49. The van der Waals surface area contributed by atoms with Gasteiger partial charge in [-0.15, -0.1) is 11.3 Å². The molecule has 1 aliphatic heterocycles. The van der Waals surface area contributed by atoms with Crippen LogP contribution >= 0.6 is 11.3 Å². The van der Waals surface area contributed by atoms with Crippen LogP contribution in [0.4, 0.5) is 5.13 Å². The first kappa shape index (κ1) is 23.5. The molecule has 1 fully saturated rings. The van der Waals surface area contributed by atoms with Crippen molar-refractivity contribution in [2.75, 3.05) is 25.5 Å². The minimum absolute atomic E-state index is 0.197. The molecule has 2 amide bonds. The van der Waals surface area contributed by atoms with Gasteiger partial charge in [0.1, 0.15) is 5.75 Å². The molecule has 1 N–H and O–H groups in total. The number of nitrogens with one attached hydrogen (secondary N) is 1.